The second-order valence-corrected chi connectivity index (χ2v) is 6.07. The fraction of sp³-hybridized carbons (Fsp3) is 0.929. The molecule has 2 N–H and O–H groups in total. The third-order valence-electron chi connectivity index (χ3n) is 3.89. The Morgan fingerprint density at radius 1 is 1.40 bits per heavy atom. The summed E-state index contributed by atoms with van der Waals surface area (Å²) in [6.45, 7) is 6.11. The van der Waals surface area contributed by atoms with Gasteiger partial charge in [-0.1, -0.05) is 13.8 Å². The van der Waals surface area contributed by atoms with Crippen LogP contribution >= 0.6 is 0 Å². The number of amides is 1. The summed E-state index contributed by atoms with van der Waals surface area (Å²) in [6, 6.07) is -0.119. The summed E-state index contributed by atoms with van der Waals surface area (Å²) < 4.78 is 24.6. The molecule has 0 aliphatic carbocycles. The lowest BCUT2D eigenvalue weighted by atomic mass is 9.86. The lowest BCUT2D eigenvalue weighted by Gasteiger charge is -2.39. The van der Waals surface area contributed by atoms with Crippen LogP contribution in [0, 0.1) is 11.8 Å². The smallest absolute Gasteiger partial charge is 0.250 e. The normalized spacial score (nSPS) is 25.3. The van der Waals surface area contributed by atoms with E-state index in [2.05, 4.69) is 5.32 Å². The molecule has 20 heavy (non-hydrogen) atoms. The van der Waals surface area contributed by atoms with Crippen molar-refractivity contribution in [2.75, 3.05) is 19.6 Å². The van der Waals surface area contributed by atoms with Crippen LogP contribution in [0.25, 0.3) is 0 Å². The fourth-order valence-corrected chi connectivity index (χ4v) is 2.65. The van der Waals surface area contributed by atoms with Crippen LogP contribution in [0.15, 0.2) is 0 Å². The minimum atomic E-state index is -2.39. The number of nitrogens with zero attached hydrogens (tertiary/aromatic N) is 1. The van der Waals surface area contributed by atoms with Crippen molar-refractivity contribution >= 4 is 5.91 Å². The Hall–Kier alpha value is -0.750. The zero-order valence-corrected chi connectivity index (χ0v) is 12.5. The number of piperidine rings is 1. The van der Waals surface area contributed by atoms with E-state index in [4.69, 9.17) is 0 Å². The van der Waals surface area contributed by atoms with E-state index < -0.39 is 12.5 Å². The zero-order chi connectivity index (χ0) is 15.3. The molecule has 3 atom stereocenters. The van der Waals surface area contributed by atoms with Crippen LogP contribution in [0.4, 0.5) is 8.78 Å². The average Bonchev–Trinajstić information content (AvgIpc) is 2.35. The Morgan fingerprint density at radius 3 is 2.55 bits per heavy atom. The van der Waals surface area contributed by atoms with Crippen molar-refractivity contribution < 1.29 is 18.7 Å². The molecule has 1 aliphatic rings. The second kappa shape index (κ2) is 7.88. The van der Waals surface area contributed by atoms with Crippen molar-refractivity contribution in [3.05, 3.63) is 0 Å². The molecule has 0 spiro atoms. The van der Waals surface area contributed by atoms with Gasteiger partial charge in [0.25, 0.3) is 6.43 Å². The molecule has 0 bridgehead atoms. The summed E-state index contributed by atoms with van der Waals surface area (Å²) in [6.07, 6.45) is -1.47. The Bertz CT molecular complexity index is 314. The van der Waals surface area contributed by atoms with Crippen molar-refractivity contribution in [2.45, 2.75) is 52.2 Å². The first-order valence-corrected chi connectivity index (χ1v) is 7.24. The van der Waals surface area contributed by atoms with Gasteiger partial charge in [-0.15, -0.1) is 0 Å². The number of nitrogens with one attached hydrogen (secondary N) is 1. The van der Waals surface area contributed by atoms with E-state index in [1.807, 2.05) is 13.8 Å². The Balaban J connectivity index is 2.58. The number of hydrogen-bond donors (Lipinski definition) is 2. The Labute approximate surface area is 119 Å². The van der Waals surface area contributed by atoms with Crippen molar-refractivity contribution in [1.82, 2.24) is 10.2 Å². The first kappa shape index (κ1) is 17.3. The molecule has 1 rings (SSSR count). The number of alkyl halides is 2. The lowest BCUT2D eigenvalue weighted by molar-refractivity contribution is -0.131. The highest BCUT2D eigenvalue weighted by atomic mass is 19.3. The van der Waals surface area contributed by atoms with Gasteiger partial charge in [0.15, 0.2) is 0 Å². The standard InChI is InChI=1S/C14H26F2N2O2/c1-9(2)13(20)5-11-4-12(17-6-14(15)16)8-18(7-11)10(3)19/h9,11-14,17,20H,4-8H2,1-3H3. The minimum absolute atomic E-state index is 0.0439. The summed E-state index contributed by atoms with van der Waals surface area (Å²) in [5.74, 6) is 0.271. The number of halogens is 2. The molecule has 118 valence electrons. The number of likely N-dealkylation sites (tertiary alicyclic amines) is 1. The first-order chi connectivity index (χ1) is 9.29. The summed E-state index contributed by atoms with van der Waals surface area (Å²) in [7, 11) is 0. The quantitative estimate of drug-likeness (QED) is 0.780. The van der Waals surface area contributed by atoms with Crippen LogP contribution in [0.5, 0.6) is 0 Å². The molecule has 1 amide bonds. The summed E-state index contributed by atoms with van der Waals surface area (Å²) in [5, 5.41) is 12.8. The summed E-state index contributed by atoms with van der Waals surface area (Å²) in [5.41, 5.74) is 0. The van der Waals surface area contributed by atoms with Crippen molar-refractivity contribution in [3.63, 3.8) is 0 Å². The molecule has 1 fully saturated rings. The molecule has 1 aliphatic heterocycles. The Morgan fingerprint density at radius 2 is 2.05 bits per heavy atom. The van der Waals surface area contributed by atoms with Crippen LogP contribution in [0.1, 0.15) is 33.6 Å². The summed E-state index contributed by atoms with van der Waals surface area (Å²) in [4.78, 5) is 13.2. The van der Waals surface area contributed by atoms with E-state index in [-0.39, 0.29) is 30.3 Å². The van der Waals surface area contributed by atoms with E-state index in [9.17, 15) is 18.7 Å². The van der Waals surface area contributed by atoms with Gasteiger partial charge in [-0.05, 0) is 24.7 Å². The van der Waals surface area contributed by atoms with Gasteiger partial charge in [-0.2, -0.15) is 0 Å². The van der Waals surface area contributed by atoms with E-state index in [0.717, 1.165) is 6.42 Å². The molecule has 0 saturated carbocycles. The SMILES string of the molecule is CC(=O)N1CC(CC(O)C(C)C)CC(NCC(F)F)C1. The second-order valence-electron chi connectivity index (χ2n) is 6.07. The van der Waals surface area contributed by atoms with E-state index in [1.165, 1.54) is 6.92 Å². The van der Waals surface area contributed by atoms with Crippen LogP contribution in [0.2, 0.25) is 0 Å². The van der Waals surface area contributed by atoms with Gasteiger partial charge in [0, 0.05) is 26.1 Å². The predicted molar refractivity (Wildman–Crippen MR) is 73.6 cm³/mol. The molecule has 1 heterocycles. The van der Waals surface area contributed by atoms with E-state index in [0.29, 0.717) is 19.5 Å². The molecule has 1 saturated heterocycles. The van der Waals surface area contributed by atoms with E-state index in [1.54, 1.807) is 4.90 Å². The highest BCUT2D eigenvalue weighted by Gasteiger charge is 2.30. The number of carbonyl (C=O) groups excluding carboxylic acids is 1. The maximum Gasteiger partial charge on any atom is 0.250 e. The van der Waals surface area contributed by atoms with Gasteiger partial charge in [0.2, 0.25) is 5.91 Å². The zero-order valence-electron chi connectivity index (χ0n) is 12.5. The third-order valence-corrected chi connectivity index (χ3v) is 3.89. The van der Waals surface area contributed by atoms with Gasteiger partial charge < -0.3 is 15.3 Å². The van der Waals surface area contributed by atoms with Crippen LogP contribution < -0.4 is 5.32 Å². The molecular formula is C14H26F2N2O2. The largest absolute Gasteiger partial charge is 0.393 e. The van der Waals surface area contributed by atoms with Gasteiger partial charge in [-0.3, -0.25) is 4.79 Å². The van der Waals surface area contributed by atoms with E-state index >= 15 is 0 Å². The van der Waals surface area contributed by atoms with Crippen molar-refractivity contribution in [3.8, 4) is 0 Å². The molecule has 4 nitrogen and oxygen atoms in total. The number of hydrogen-bond acceptors (Lipinski definition) is 3. The van der Waals surface area contributed by atoms with Crippen LogP contribution in [-0.2, 0) is 4.79 Å². The number of aliphatic hydroxyl groups is 1. The van der Waals surface area contributed by atoms with Crippen LogP contribution in [0.3, 0.4) is 0 Å². The number of rotatable bonds is 6. The van der Waals surface area contributed by atoms with Gasteiger partial charge in [0.1, 0.15) is 0 Å². The van der Waals surface area contributed by atoms with Crippen LogP contribution in [-0.4, -0.2) is 54.1 Å². The Kier molecular flexibility index (Phi) is 6.82. The predicted octanol–water partition coefficient (Wildman–Crippen LogP) is 1.49. The first-order valence-electron chi connectivity index (χ1n) is 7.24. The van der Waals surface area contributed by atoms with Gasteiger partial charge in [-0.25, -0.2) is 8.78 Å². The molecule has 0 aromatic carbocycles. The van der Waals surface area contributed by atoms with Crippen molar-refractivity contribution in [2.24, 2.45) is 11.8 Å². The molecular weight excluding hydrogens is 266 g/mol. The van der Waals surface area contributed by atoms with Gasteiger partial charge >= 0.3 is 0 Å². The highest BCUT2D eigenvalue weighted by Crippen LogP contribution is 2.24. The fourth-order valence-electron chi connectivity index (χ4n) is 2.65. The minimum Gasteiger partial charge on any atom is -0.393 e. The van der Waals surface area contributed by atoms with Crippen molar-refractivity contribution in [1.29, 1.82) is 0 Å². The molecule has 0 aromatic rings. The number of carbonyl (C=O) groups is 1. The maximum atomic E-state index is 12.3. The average molecular weight is 292 g/mol. The lowest BCUT2D eigenvalue weighted by Crippen LogP contribution is -2.52. The monoisotopic (exact) mass is 292 g/mol. The maximum absolute atomic E-state index is 12.3. The third kappa shape index (κ3) is 5.71. The number of aliphatic hydroxyl groups excluding tert-OH is 1. The molecule has 3 unspecified atom stereocenters. The van der Waals surface area contributed by atoms with Gasteiger partial charge in [0.05, 0.1) is 12.6 Å². The summed E-state index contributed by atoms with van der Waals surface area (Å²) >= 11 is 0. The molecule has 0 aromatic heterocycles. The molecule has 0 radical (unpaired) electrons. The topological polar surface area (TPSA) is 52.6 Å². The molecule has 6 heteroatoms. The highest BCUT2D eigenvalue weighted by molar-refractivity contribution is 5.73.